The second-order valence-corrected chi connectivity index (χ2v) is 11.9. The molecule has 222 valence electrons. The monoisotopic (exact) mass is 583 g/mol. The van der Waals surface area contributed by atoms with Crippen molar-refractivity contribution in [3.8, 4) is 11.5 Å². The van der Waals surface area contributed by atoms with E-state index in [4.69, 9.17) is 9.73 Å². The molecule has 9 nitrogen and oxygen atoms in total. The normalized spacial score (nSPS) is 28.2. The van der Waals surface area contributed by atoms with Gasteiger partial charge in [-0.2, -0.15) is 0 Å². The average Bonchev–Trinajstić information content (AvgIpc) is 3.44. The molecule has 2 aromatic carbocycles. The number of methoxy groups -OCH3 is 1. The summed E-state index contributed by atoms with van der Waals surface area (Å²) in [5.74, 6) is -5.41. The van der Waals surface area contributed by atoms with Gasteiger partial charge in [-0.1, -0.05) is 30.7 Å². The van der Waals surface area contributed by atoms with Gasteiger partial charge in [-0.3, -0.25) is 19.4 Å². The van der Waals surface area contributed by atoms with E-state index in [1.165, 1.54) is 6.92 Å². The number of phenolic OH excluding ortho intramolecular Hbond substituents is 1. The molecule has 0 aromatic heterocycles. The number of aliphatic hydroxyl groups excluding tert-OH is 2. The van der Waals surface area contributed by atoms with Crippen molar-refractivity contribution in [3.63, 3.8) is 0 Å². The van der Waals surface area contributed by atoms with Crippen molar-refractivity contribution < 1.29 is 39.5 Å². The minimum absolute atomic E-state index is 0.0208. The predicted molar refractivity (Wildman–Crippen MR) is 159 cm³/mol. The smallest absolute Gasteiger partial charge is 0.206 e. The van der Waals surface area contributed by atoms with Gasteiger partial charge in [0, 0.05) is 47.1 Å². The van der Waals surface area contributed by atoms with E-state index in [1.54, 1.807) is 33.1 Å². The van der Waals surface area contributed by atoms with E-state index in [0.29, 0.717) is 23.1 Å². The summed E-state index contributed by atoms with van der Waals surface area (Å²) in [5.41, 5.74) is 0.697. The van der Waals surface area contributed by atoms with Crippen LogP contribution in [0.2, 0.25) is 0 Å². The number of ketones is 3. The Labute approximate surface area is 248 Å². The van der Waals surface area contributed by atoms with Crippen LogP contribution in [0, 0.1) is 11.8 Å². The Morgan fingerprint density at radius 1 is 1.09 bits per heavy atom. The maximum Gasteiger partial charge on any atom is 0.206 e. The molecule has 9 heteroatoms. The highest BCUT2D eigenvalue weighted by atomic mass is 16.5. The molecule has 4 aliphatic rings. The highest BCUT2D eigenvalue weighted by molar-refractivity contribution is 6.33. The summed E-state index contributed by atoms with van der Waals surface area (Å²) in [5, 5.41) is 46.1. The Kier molecular flexibility index (Phi) is 6.78. The number of Topliss-reactive ketones (excluding diaryl/α,β-unsaturated/α-hetero) is 3. The van der Waals surface area contributed by atoms with Crippen LogP contribution < -0.4 is 4.74 Å². The standard InChI is InChI=1S/C34H33NO8/c1-15-13-23-30(38)26-16(2)22-11-7-19(14-20-8-12-24(35-20)18-5-9-21(43-4)10-6-18)29(37)27(22)31(39)28(26)33(41)34(23,42)32(40)25(15)17(3)36/h5-7,9-12,16,23,26,30,37-39,42H,8,13-14H2,1-4H3. The number of fused-ring (bicyclic) bond motifs is 3. The summed E-state index contributed by atoms with van der Waals surface area (Å²) >= 11 is 0. The van der Waals surface area contributed by atoms with E-state index in [0.717, 1.165) is 22.7 Å². The van der Waals surface area contributed by atoms with Crippen LogP contribution in [0.5, 0.6) is 11.5 Å². The molecule has 4 N–H and O–H groups in total. The maximum absolute atomic E-state index is 13.9. The van der Waals surface area contributed by atoms with E-state index in [1.807, 2.05) is 30.3 Å². The molecule has 0 bridgehead atoms. The van der Waals surface area contributed by atoms with Crippen molar-refractivity contribution in [2.75, 3.05) is 7.11 Å². The Morgan fingerprint density at radius 2 is 1.79 bits per heavy atom. The number of nitrogens with zero attached hydrogens (tertiary/aromatic N) is 1. The topological polar surface area (TPSA) is 154 Å². The predicted octanol–water partition coefficient (Wildman–Crippen LogP) is 4.00. The third kappa shape index (κ3) is 4.13. The van der Waals surface area contributed by atoms with Crippen LogP contribution in [0.3, 0.4) is 0 Å². The number of carbonyl (C=O) groups is 3. The number of allylic oxidation sites excluding steroid dienone is 2. The van der Waals surface area contributed by atoms with Crippen molar-refractivity contribution in [1.82, 2.24) is 0 Å². The quantitative estimate of drug-likeness (QED) is 0.304. The molecular formula is C34H33NO8. The summed E-state index contributed by atoms with van der Waals surface area (Å²) in [6, 6.07) is 11.0. The van der Waals surface area contributed by atoms with Crippen LogP contribution in [-0.4, -0.2) is 62.3 Å². The number of aliphatic hydroxyl groups is 3. The van der Waals surface area contributed by atoms with E-state index in [2.05, 4.69) is 0 Å². The Bertz CT molecular complexity index is 1730. The van der Waals surface area contributed by atoms with Gasteiger partial charge < -0.3 is 25.2 Å². The number of hydrogen-bond donors (Lipinski definition) is 4. The number of benzene rings is 2. The molecule has 43 heavy (non-hydrogen) atoms. The first-order chi connectivity index (χ1) is 20.4. The first-order valence-electron chi connectivity index (χ1n) is 14.3. The molecule has 0 radical (unpaired) electrons. The lowest BCUT2D eigenvalue weighted by molar-refractivity contribution is -0.167. The molecule has 0 spiro atoms. The van der Waals surface area contributed by atoms with E-state index in [-0.39, 0.29) is 35.3 Å². The molecule has 0 amide bonds. The van der Waals surface area contributed by atoms with Crippen molar-refractivity contribution in [1.29, 1.82) is 0 Å². The summed E-state index contributed by atoms with van der Waals surface area (Å²) in [6.45, 7) is 4.54. The number of phenols is 1. The van der Waals surface area contributed by atoms with E-state index >= 15 is 0 Å². The van der Waals surface area contributed by atoms with Crippen LogP contribution in [0.1, 0.15) is 61.8 Å². The van der Waals surface area contributed by atoms with Crippen molar-refractivity contribution in [3.05, 3.63) is 81.4 Å². The van der Waals surface area contributed by atoms with Gasteiger partial charge in [-0.25, -0.2) is 0 Å². The van der Waals surface area contributed by atoms with Gasteiger partial charge in [0.2, 0.25) is 11.6 Å². The minimum Gasteiger partial charge on any atom is -0.507 e. The molecule has 6 rings (SSSR count). The fourth-order valence-electron chi connectivity index (χ4n) is 7.32. The fraction of sp³-hybridized carbons (Fsp3) is 0.353. The first kappa shape index (κ1) is 28.8. The van der Waals surface area contributed by atoms with Crippen LogP contribution in [0.25, 0.3) is 11.5 Å². The number of rotatable bonds is 5. The number of aliphatic imine (C=N–C) groups is 1. The Balaban J connectivity index is 1.38. The lowest BCUT2D eigenvalue weighted by Gasteiger charge is -2.50. The summed E-state index contributed by atoms with van der Waals surface area (Å²) < 4.78 is 5.22. The number of hydrogen-bond acceptors (Lipinski definition) is 9. The Morgan fingerprint density at radius 3 is 2.44 bits per heavy atom. The fourth-order valence-corrected chi connectivity index (χ4v) is 7.32. The number of aromatic hydroxyl groups is 1. The molecular weight excluding hydrogens is 550 g/mol. The van der Waals surface area contributed by atoms with Crippen LogP contribution in [0.4, 0.5) is 0 Å². The summed E-state index contributed by atoms with van der Waals surface area (Å²) in [4.78, 5) is 44.4. The third-order valence-corrected chi connectivity index (χ3v) is 9.52. The van der Waals surface area contributed by atoms with Crippen LogP contribution >= 0.6 is 0 Å². The van der Waals surface area contributed by atoms with Gasteiger partial charge in [-0.15, -0.1) is 0 Å². The SMILES string of the molecule is COc1ccc(C2=CCC(Cc3ccc4c(c3O)C(O)=C3C(=O)C5(O)C(=O)C(C(C)=O)=C(C)CC5C(O)C3C4C)=N2)cc1. The molecule has 2 aromatic rings. The van der Waals surface area contributed by atoms with Gasteiger partial charge in [0.1, 0.15) is 17.3 Å². The zero-order valence-corrected chi connectivity index (χ0v) is 24.3. The van der Waals surface area contributed by atoms with Crippen molar-refractivity contribution in [2.45, 2.75) is 57.7 Å². The second kappa shape index (κ2) is 10.1. The average molecular weight is 584 g/mol. The highest BCUT2D eigenvalue weighted by Gasteiger charge is 2.65. The minimum atomic E-state index is -2.70. The molecule has 5 unspecified atom stereocenters. The number of ether oxygens (including phenoxy) is 1. The lowest BCUT2D eigenvalue weighted by Crippen LogP contribution is -2.66. The van der Waals surface area contributed by atoms with Crippen molar-refractivity contribution in [2.24, 2.45) is 16.8 Å². The largest absolute Gasteiger partial charge is 0.507 e. The molecule has 0 saturated heterocycles. The summed E-state index contributed by atoms with van der Waals surface area (Å²) in [6.07, 6.45) is 1.45. The first-order valence-corrected chi connectivity index (χ1v) is 14.3. The van der Waals surface area contributed by atoms with Crippen molar-refractivity contribution >= 4 is 34.5 Å². The third-order valence-electron chi connectivity index (χ3n) is 9.52. The molecule has 1 heterocycles. The lowest BCUT2D eigenvalue weighted by atomic mass is 9.54. The van der Waals surface area contributed by atoms with Gasteiger partial charge in [0.25, 0.3) is 0 Å². The molecule has 1 aliphatic heterocycles. The van der Waals surface area contributed by atoms with Gasteiger partial charge in [0.05, 0.1) is 30.0 Å². The van der Waals surface area contributed by atoms with E-state index in [9.17, 15) is 34.8 Å². The maximum atomic E-state index is 13.9. The zero-order valence-electron chi connectivity index (χ0n) is 24.3. The number of carbonyl (C=O) groups excluding carboxylic acids is 3. The van der Waals surface area contributed by atoms with Gasteiger partial charge in [0.15, 0.2) is 11.4 Å². The molecule has 3 aliphatic carbocycles. The highest BCUT2D eigenvalue weighted by Crippen LogP contribution is 2.55. The van der Waals surface area contributed by atoms with Gasteiger partial charge in [-0.05, 0) is 56.0 Å². The molecule has 5 atom stereocenters. The Hall–Kier alpha value is -4.34. The second-order valence-electron chi connectivity index (χ2n) is 11.9. The van der Waals surface area contributed by atoms with Crippen LogP contribution in [0.15, 0.2) is 64.2 Å². The zero-order chi connectivity index (χ0) is 31.0. The summed E-state index contributed by atoms with van der Waals surface area (Å²) in [7, 11) is 1.60. The van der Waals surface area contributed by atoms with E-state index < -0.39 is 52.6 Å². The molecule has 1 fully saturated rings. The van der Waals surface area contributed by atoms with Gasteiger partial charge >= 0.3 is 0 Å². The van der Waals surface area contributed by atoms with Crippen LogP contribution in [-0.2, 0) is 20.8 Å². The molecule has 1 saturated carbocycles.